The summed E-state index contributed by atoms with van der Waals surface area (Å²) in [6.45, 7) is 11.5. The van der Waals surface area contributed by atoms with Crippen molar-refractivity contribution in [3.05, 3.63) is 42.4 Å². The molecule has 0 aliphatic carbocycles. The van der Waals surface area contributed by atoms with E-state index >= 15 is 0 Å². The lowest BCUT2D eigenvalue weighted by Gasteiger charge is -2.41. The summed E-state index contributed by atoms with van der Waals surface area (Å²) in [5.41, 5.74) is 2.92. The minimum Gasteiger partial charge on any atom is -0.444 e. The van der Waals surface area contributed by atoms with Crippen LogP contribution in [0.1, 0.15) is 46.1 Å². The zero-order valence-corrected chi connectivity index (χ0v) is 21.4. The maximum Gasteiger partial charge on any atom is 0.410 e. The quantitative estimate of drug-likeness (QED) is 0.543. The third kappa shape index (κ3) is 4.55. The van der Waals surface area contributed by atoms with Crippen molar-refractivity contribution in [2.24, 2.45) is 0 Å². The number of hydrogen-bond acceptors (Lipinski definition) is 7. The Hall–Kier alpha value is -3.80. The molecule has 2 saturated heterocycles. The molecule has 0 radical (unpaired) electrons. The first-order chi connectivity index (χ1) is 17.2. The van der Waals surface area contributed by atoms with Crippen molar-refractivity contribution in [1.82, 2.24) is 19.4 Å². The number of piperazine rings is 1. The number of fused-ring (bicyclic) bond motifs is 1. The maximum atomic E-state index is 12.7. The summed E-state index contributed by atoms with van der Waals surface area (Å²) >= 11 is 0. The molecule has 9 nitrogen and oxygen atoms in total. The first kappa shape index (κ1) is 23.9. The number of nitriles is 1. The average Bonchev–Trinajstić information content (AvgIpc) is 3.51. The van der Waals surface area contributed by atoms with E-state index < -0.39 is 5.60 Å². The molecule has 1 atom stereocenters. The Bertz CT molecular complexity index is 1310. The largest absolute Gasteiger partial charge is 0.444 e. The van der Waals surface area contributed by atoms with Crippen LogP contribution in [0.25, 0.3) is 16.7 Å². The van der Waals surface area contributed by atoms with E-state index in [9.17, 15) is 10.1 Å². The van der Waals surface area contributed by atoms with E-state index in [-0.39, 0.29) is 12.1 Å². The molecule has 3 aromatic rings. The Morgan fingerprint density at radius 2 is 1.92 bits per heavy atom. The topological polar surface area (TPSA) is 90.5 Å². The number of amides is 1. The van der Waals surface area contributed by atoms with Gasteiger partial charge in [0.15, 0.2) is 5.65 Å². The Kier molecular flexibility index (Phi) is 6.20. The van der Waals surface area contributed by atoms with Crippen molar-refractivity contribution in [1.29, 1.82) is 5.26 Å². The van der Waals surface area contributed by atoms with E-state index in [1.54, 1.807) is 11.2 Å². The normalized spacial score (nSPS) is 18.5. The summed E-state index contributed by atoms with van der Waals surface area (Å²) < 4.78 is 7.67. The van der Waals surface area contributed by atoms with Crippen molar-refractivity contribution >= 4 is 28.6 Å². The highest BCUT2D eigenvalue weighted by molar-refractivity contribution is 6.01. The molecule has 2 aliphatic rings. The molecule has 1 aromatic carbocycles. The molecular weight excluding hydrogens is 454 g/mol. The van der Waals surface area contributed by atoms with Crippen LogP contribution < -0.4 is 9.80 Å². The lowest BCUT2D eigenvalue weighted by atomic mass is 10.1. The molecule has 2 fully saturated rings. The van der Waals surface area contributed by atoms with E-state index in [4.69, 9.17) is 14.7 Å². The Balaban J connectivity index is 1.54. The Labute approximate surface area is 211 Å². The molecule has 188 valence electrons. The molecule has 1 amide bonds. The van der Waals surface area contributed by atoms with Gasteiger partial charge < -0.3 is 19.4 Å². The van der Waals surface area contributed by atoms with Crippen LogP contribution in [0.4, 0.5) is 16.3 Å². The standard InChI is InChI=1S/C27H33N7O2/c1-19-16-32(26(35)36-27(2,3)4)12-13-33(19)24-23-22(31-10-5-6-11-31)17-34(25(23)30-18-29-24)21-9-7-8-20(14-21)15-28/h7-9,14,17-19H,5-6,10-13,16H2,1-4H3/t19-/m0/s1. The van der Waals surface area contributed by atoms with Gasteiger partial charge in [-0.25, -0.2) is 14.8 Å². The van der Waals surface area contributed by atoms with Gasteiger partial charge in [0.1, 0.15) is 17.7 Å². The van der Waals surface area contributed by atoms with Crippen LogP contribution in [0.5, 0.6) is 0 Å². The summed E-state index contributed by atoms with van der Waals surface area (Å²) in [5.74, 6) is 0.883. The Morgan fingerprint density at radius 1 is 1.14 bits per heavy atom. The summed E-state index contributed by atoms with van der Waals surface area (Å²) in [5, 5.41) is 10.4. The third-order valence-electron chi connectivity index (χ3n) is 6.79. The SMILES string of the molecule is C[C@H]1CN(C(=O)OC(C)(C)C)CCN1c1ncnc2c1c(N1CCCC1)cn2-c1cccc(C#N)c1. The second-order valence-corrected chi connectivity index (χ2v) is 10.6. The second kappa shape index (κ2) is 9.34. The smallest absolute Gasteiger partial charge is 0.410 e. The molecule has 5 rings (SSSR count). The van der Waals surface area contributed by atoms with Gasteiger partial charge in [0.25, 0.3) is 0 Å². The molecular formula is C27H33N7O2. The summed E-state index contributed by atoms with van der Waals surface area (Å²) in [6, 6.07) is 9.88. The van der Waals surface area contributed by atoms with Crippen molar-refractivity contribution in [2.45, 2.75) is 52.2 Å². The van der Waals surface area contributed by atoms with E-state index in [0.29, 0.717) is 25.2 Å². The van der Waals surface area contributed by atoms with Gasteiger partial charge in [-0.15, -0.1) is 0 Å². The van der Waals surface area contributed by atoms with Crippen molar-refractivity contribution in [3.63, 3.8) is 0 Å². The van der Waals surface area contributed by atoms with Crippen LogP contribution in [0.2, 0.25) is 0 Å². The van der Waals surface area contributed by atoms with Gasteiger partial charge in [0.05, 0.1) is 22.7 Å². The molecule has 4 heterocycles. The van der Waals surface area contributed by atoms with Crippen LogP contribution >= 0.6 is 0 Å². The number of nitrogens with zero attached hydrogens (tertiary/aromatic N) is 7. The first-order valence-electron chi connectivity index (χ1n) is 12.6. The fourth-order valence-corrected chi connectivity index (χ4v) is 5.13. The molecule has 0 unspecified atom stereocenters. The summed E-state index contributed by atoms with van der Waals surface area (Å²) in [4.78, 5) is 28.6. The van der Waals surface area contributed by atoms with Gasteiger partial charge in [-0.05, 0) is 58.7 Å². The highest BCUT2D eigenvalue weighted by Crippen LogP contribution is 2.38. The number of anilines is 2. The molecule has 2 aromatic heterocycles. The average molecular weight is 488 g/mol. The predicted molar refractivity (Wildman–Crippen MR) is 140 cm³/mol. The molecule has 0 bridgehead atoms. The van der Waals surface area contributed by atoms with Crippen molar-refractivity contribution in [3.8, 4) is 11.8 Å². The number of hydrogen-bond donors (Lipinski definition) is 0. The highest BCUT2D eigenvalue weighted by Gasteiger charge is 2.33. The molecule has 0 spiro atoms. The molecule has 2 aliphatic heterocycles. The van der Waals surface area contributed by atoms with Gasteiger partial charge in [-0.3, -0.25) is 4.57 Å². The predicted octanol–water partition coefficient (Wildman–Crippen LogP) is 4.34. The van der Waals surface area contributed by atoms with Crippen LogP contribution in [0.15, 0.2) is 36.8 Å². The monoisotopic (exact) mass is 487 g/mol. The van der Waals surface area contributed by atoms with Crippen molar-refractivity contribution in [2.75, 3.05) is 42.5 Å². The maximum absolute atomic E-state index is 12.7. The number of benzene rings is 1. The number of rotatable bonds is 3. The van der Waals surface area contributed by atoms with Crippen LogP contribution in [0.3, 0.4) is 0 Å². The number of ether oxygens (including phenoxy) is 1. The Morgan fingerprint density at radius 3 is 2.61 bits per heavy atom. The first-order valence-corrected chi connectivity index (χ1v) is 12.6. The van der Waals surface area contributed by atoms with Gasteiger partial charge >= 0.3 is 6.09 Å². The van der Waals surface area contributed by atoms with E-state index in [0.717, 1.165) is 54.2 Å². The minimum absolute atomic E-state index is 0.0565. The zero-order valence-electron chi connectivity index (χ0n) is 21.4. The molecule has 36 heavy (non-hydrogen) atoms. The van der Waals surface area contributed by atoms with Crippen molar-refractivity contribution < 1.29 is 9.53 Å². The lowest BCUT2D eigenvalue weighted by molar-refractivity contribution is 0.0218. The zero-order chi connectivity index (χ0) is 25.4. The number of aromatic nitrogens is 3. The van der Waals surface area contributed by atoms with Crippen LogP contribution in [-0.2, 0) is 4.74 Å². The van der Waals surface area contributed by atoms with Crippen LogP contribution in [-0.4, -0.2) is 69.9 Å². The number of carbonyl (C=O) groups excluding carboxylic acids is 1. The fraction of sp³-hybridized carbons (Fsp3) is 0.481. The van der Waals surface area contributed by atoms with E-state index in [2.05, 4.69) is 33.6 Å². The van der Waals surface area contributed by atoms with E-state index in [1.165, 1.54) is 0 Å². The molecule has 9 heteroatoms. The molecule has 0 saturated carbocycles. The fourth-order valence-electron chi connectivity index (χ4n) is 5.13. The van der Waals surface area contributed by atoms with Gasteiger partial charge in [-0.2, -0.15) is 5.26 Å². The van der Waals surface area contributed by atoms with E-state index in [1.807, 2.05) is 45.0 Å². The van der Waals surface area contributed by atoms with Gasteiger partial charge in [-0.1, -0.05) is 6.07 Å². The minimum atomic E-state index is -0.521. The number of carbonyl (C=O) groups is 1. The summed E-state index contributed by atoms with van der Waals surface area (Å²) in [6.07, 6.45) is 5.79. The second-order valence-electron chi connectivity index (χ2n) is 10.6. The van der Waals surface area contributed by atoms with Gasteiger partial charge in [0.2, 0.25) is 0 Å². The summed E-state index contributed by atoms with van der Waals surface area (Å²) in [7, 11) is 0. The lowest BCUT2D eigenvalue weighted by Crippen LogP contribution is -2.54. The van der Waals surface area contributed by atoms with Gasteiger partial charge in [0, 0.05) is 50.6 Å². The highest BCUT2D eigenvalue weighted by atomic mass is 16.6. The third-order valence-corrected chi connectivity index (χ3v) is 6.79. The van der Waals surface area contributed by atoms with Crippen LogP contribution in [0, 0.1) is 11.3 Å². The molecule has 0 N–H and O–H groups in total.